The van der Waals surface area contributed by atoms with Crippen molar-refractivity contribution in [3.8, 4) is 5.75 Å². The third-order valence-corrected chi connectivity index (χ3v) is 9.77. The largest absolute Gasteiger partial charge is 0.487 e. The van der Waals surface area contributed by atoms with Crippen molar-refractivity contribution < 1.29 is 41.4 Å². The van der Waals surface area contributed by atoms with Crippen molar-refractivity contribution in [1.29, 1.82) is 0 Å². The SMILES string of the molecule is CC(C)(CCN[C@@H]1CCc2cc(OCc3ccccc3)c(N3CC(=O)NS3(=O)=O)c(F)c2C1)CCN(C(=O)OC(C)(C)C)C(=O)OC(C)(C)C. The van der Waals surface area contributed by atoms with Gasteiger partial charge in [0.15, 0.2) is 5.82 Å². The molecule has 0 aromatic heterocycles. The molecule has 2 N–H and O–H groups in total. The third kappa shape index (κ3) is 10.5. The number of benzene rings is 2. The van der Waals surface area contributed by atoms with E-state index in [9.17, 15) is 22.8 Å². The average molecular weight is 719 g/mol. The van der Waals surface area contributed by atoms with E-state index in [1.54, 1.807) is 47.6 Å². The number of nitrogens with one attached hydrogen (secondary N) is 2. The van der Waals surface area contributed by atoms with Gasteiger partial charge in [0, 0.05) is 12.6 Å². The Morgan fingerprint density at radius 2 is 1.62 bits per heavy atom. The first-order valence-corrected chi connectivity index (χ1v) is 18.4. The molecule has 0 bridgehead atoms. The molecule has 4 rings (SSSR count). The van der Waals surface area contributed by atoms with Gasteiger partial charge in [0.05, 0.1) is 0 Å². The van der Waals surface area contributed by atoms with Crippen LogP contribution in [0.4, 0.5) is 19.7 Å². The minimum atomic E-state index is -4.29. The molecule has 1 saturated heterocycles. The van der Waals surface area contributed by atoms with Gasteiger partial charge < -0.3 is 19.5 Å². The summed E-state index contributed by atoms with van der Waals surface area (Å²) in [5.74, 6) is -1.41. The fourth-order valence-corrected chi connectivity index (χ4v) is 6.93. The van der Waals surface area contributed by atoms with E-state index in [-0.39, 0.29) is 36.0 Å². The van der Waals surface area contributed by atoms with Gasteiger partial charge in [-0.25, -0.2) is 27.9 Å². The van der Waals surface area contributed by atoms with Crippen LogP contribution in [0.2, 0.25) is 0 Å². The van der Waals surface area contributed by atoms with Crippen LogP contribution in [0.15, 0.2) is 36.4 Å². The van der Waals surface area contributed by atoms with Crippen LogP contribution in [0.5, 0.6) is 5.75 Å². The maximum absolute atomic E-state index is 16.4. The molecule has 1 fully saturated rings. The maximum Gasteiger partial charge on any atom is 0.419 e. The molecule has 2 aliphatic rings. The van der Waals surface area contributed by atoms with E-state index in [2.05, 4.69) is 5.32 Å². The number of nitrogens with zero attached hydrogens (tertiary/aromatic N) is 2. The fraction of sp³-hybridized carbons (Fsp3) is 0.583. The molecule has 0 radical (unpaired) electrons. The maximum atomic E-state index is 16.4. The van der Waals surface area contributed by atoms with Crippen LogP contribution < -0.4 is 19.1 Å². The lowest BCUT2D eigenvalue weighted by Gasteiger charge is -2.32. The summed E-state index contributed by atoms with van der Waals surface area (Å²) in [4.78, 5) is 39.0. The predicted octanol–water partition coefficient (Wildman–Crippen LogP) is 6.01. The molecule has 2 aromatic carbocycles. The Labute approximate surface area is 295 Å². The van der Waals surface area contributed by atoms with Crippen molar-refractivity contribution in [2.75, 3.05) is 23.9 Å². The number of carbonyl (C=O) groups is 3. The zero-order valence-corrected chi connectivity index (χ0v) is 31.2. The molecule has 2 aromatic rings. The van der Waals surface area contributed by atoms with Crippen LogP contribution in [0.25, 0.3) is 0 Å². The number of anilines is 1. The summed E-state index contributed by atoms with van der Waals surface area (Å²) in [5, 5.41) is 3.52. The Kier molecular flexibility index (Phi) is 11.8. The van der Waals surface area contributed by atoms with Gasteiger partial charge >= 0.3 is 22.4 Å². The fourth-order valence-electron chi connectivity index (χ4n) is 5.77. The van der Waals surface area contributed by atoms with Gasteiger partial charge in [0.25, 0.3) is 5.91 Å². The van der Waals surface area contributed by atoms with E-state index in [1.165, 1.54) is 0 Å². The van der Waals surface area contributed by atoms with Crippen molar-refractivity contribution in [1.82, 2.24) is 14.9 Å². The van der Waals surface area contributed by atoms with Crippen LogP contribution in [-0.2, 0) is 43.9 Å². The van der Waals surface area contributed by atoms with Gasteiger partial charge in [-0.15, -0.1) is 0 Å². The van der Waals surface area contributed by atoms with E-state index < -0.39 is 51.9 Å². The standard InChI is InChI=1S/C36H51FN4O8S/c1-34(2,3)48-32(43)40(33(44)49-35(4,5)6)19-17-36(7,8)16-18-38-26-15-14-25-20-28(47-23-24-12-10-9-11-13-24)31(30(37)27(25)21-26)41-22-29(42)39-50(41,45)46/h9-13,20,26,38H,14-19,21-23H2,1-8H3,(H,39,42)/t26-/m1/s1. The van der Waals surface area contributed by atoms with Gasteiger partial charge in [-0.2, -0.15) is 8.42 Å². The molecule has 12 nitrogen and oxygen atoms in total. The van der Waals surface area contributed by atoms with Crippen LogP contribution in [-0.4, -0.2) is 68.3 Å². The number of halogens is 1. The monoisotopic (exact) mass is 718 g/mol. The number of hydrogen-bond acceptors (Lipinski definition) is 9. The first-order chi connectivity index (χ1) is 23.1. The molecule has 276 valence electrons. The molecule has 1 aliphatic carbocycles. The lowest BCUT2D eigenvalue weighted by atomic mass is 9.84. The molecule has 1 heterocycles. The Morgan fingerprint density at radius 1 is 1.00 bits per heavy atom. The summed E-state index contributed by atoms with van der Waals surface area (Å²) >= 11 is 0. The first kappa shape index (κ1) is 38.9. The summed E-state index contributed by atoms with van der Waals surface area (Å²) in [6.45, 7) is 14.7. The molecule has 0 saturated carbocycles. The topological polar surface area (TPSA) is 144 Å². The molecule has 0 spiro atoms. The number of ether oxygens (including phenoxy) is 3. The van der Waals surface area contributed by atoms with Crippen molar-refractivity contribution in [2.24, 2.45) is 5.41 Å². The predicted molar refractivity (Wildman–Crippen MR) is 188 cm³/mol. The van der Waals surface area contributed by atoms with Crippen LogP contribution in [0.1, 0.15) is 91.3 Å². The van der Waals surface area contributed by atoms with Crippen LogP contribution >= 0.6 is 0 Å². The molecule has 3 amide bonds. The lowest BCUT2D eigenvalue weighted by molar-refractivity contribution is -0.117. The number of rotatable bonds is 11. The molecular weight excluding hydrogens is 667 g/mol. The molecule has 1 atom stereocenters. The van der Waals surface area contributed by atoms with E-state index in [0.29, 0.717) is 37.8 Å². The molecule has 0 unspecified atom stereocenters. The van der Waals surface area contributed by atoms with Crippen molar-refractivity contribution in [3.63, 3.8) is 0 Å². The summed E-state index contributed by atoms with van der Waals surface area (Å²) < 4.78 is 61.7. The second kappa shape index (κ2) is 15.1. The number of carbonyl (C=O) groups excluding carboxylic acids is 3. The first-order valence-electron chi connectivity index (χ1n) is 17.0. The van der Waals surface area contributed by atoms with Gasteiger partial charge in [0.1, 0.15) is 35.8 Å². The molecule has 1 aliphatic heterocycles. The van der Waals surface area contributed by atoms with Gasteiger partial charge in [-0.05, 0) is 108 Å². The number of hydrogen-bond donors (Lipinski definition) is 2. The van der Waals surface area contributed by atoms with Gasteiger partial charge in [-0.3, -0.25) is 4.79 Å². The van der Waals surface area contributed by atoms with E-state index in [4.69, 9.17) is 14.2 Å². The lowest BCUT2D eigenvalue weighted by Crippen LogP contribution is -2.45. The molecule has 50 heavy (non-hydrogen) atoms. The number of aryl methyl sites for hydroxylation is 1. The van der Waals surface area contributed by atoms with Crippen molar-refractivity contribution in [2.45, 2.75) is 111 Å². The summed E-state index contributed by atoms with van der Waals surface area (Å²) in [6, 6.07) is 10.8. The van der Waals surface area contributed by atoms with Gasteiger partial charge in [0.2, 0.25) is 0 Å². The molecular formula is C36H51FN4O8S. The highest BCUT2D eigenvalue weighted by atomic mass is 32.2. The second-order valence-electron chi connectivity index (χ2n) is 15.7. The van der Waals surface area contributed by atoms with E-state index in [0.717, 1.165) is 26.8 Å². The summed E-state index contributed by atoms with van der Waals surface area (Å²) in [6.07, 6.45) is 1.22. The van der Waals surface area contributed by atoms with Gasteiger partial charge in [-0.1, -0.05) is 44.2 Å². The van der Waals surface area contributed by atoms with Crippen molar-refractivity contribution in [3.05, 3.63) is 58.9 Å². The Bertz CT molecular complexity index is 1640. The third-order valence-electron chi connectivity index (χ3n) is 8.39. The minimum absolute atomic E-state index is 0.0603. The summed E-state index contributed by atoms with van der Waals surface area (Å²) in [7, 11) is -4.29. The van der Waals surface area contributed by atoms with Crippen LogP contribution in [0.3, 0.4) is 0 Å². The highest BCUT2D eigenvalue weighted by molar-refractivity contribution is 7.92. The number of amides is 3. The second-order valence-corrected chi connectivity index (χ2v) is 17.3. The Hall–Kier alpha value is -3.91. The molecule has 14 heteroatoms. The Morgan fingerprint density at radius 3 is 2.18 bits per heavy atom. The number of imide groups is 1. The zero-order valence-electron chi connectivity index (χ0n) is 30.4. The van der Waals surface area contributed by atoms with Crippen LogP contribution in [0, 0.1) is 11.2 Å². The average Bonchev–Trinajstić information content (AvgIpc) is 3.25. The quantitative estimate of drug-likeness (QED) is 0.286. The normalized spacial score (nSPS) is 17.5. The van der Waals surface area contributed by atoms with E-state index in [1.807, 2.05) is 48.9 Å². The zero-order chi connectivity index (χ0) is 37.1. The highest BCUT2D eigenvalue weighted by Gasteiger charge is 2.40. The highest BCUT2D eigenvalue weighted by Crippen LogP contribution is 2.41. The summed E-state index contributed by atoms with van der Waals surface area (Å²) in [5.41, 5.74) is -0.214. The van der Waals surface area contributed by atoms with Crippen molar-refractivity contribution >= 4 is 34.0 Å². The smallest absolute Gasteiger partial charge is 0.419 e. The Balaban J connectivity index is 1.44. The minimum Gasteiger partial charge on any atom is -0.487 e. The van der Waals surface area contributed by atoms with E-state index >= 15 is 4.39 Å². The number of fused-ring (bicyclic) bond motifs is 1.